The van der Waals surface area contributed by atoms with Crippen molar-refractivity contribution in [1.82, 2.24) is 4.90 Å². The van der Waals surface area contributed by atoms with E-state index in [1.165, 1.54) is 0 Å². The van der Waals surface area contributed by atoms with Crippen molar-refractivity contribution in [3.05, 3.63) is 59.7 Å². The molecule has 1 saturated heterocycles. The maximum Gasteiger partial charge on any atom is 0.413 e. The Balaban J connectivity index is 1.84. The smallest absolute Gasteiger partial charge is 0.413 e. The molecule has 2 aliphatic rings. The molecule has 6 nitrogen and oxygen atoms in total. The number of carbonyl (C=O) groups excluding carboxylic acids is 1. The van der Waals surface area contributed by atoms with Crippen LogP contribution in [0.1, 0.15) is 49.3 Å². The summed E-state index contributed by atoms with van der Waals surface area (Å²) in [5.41, 5.74) is -0.387. The summed E-state index contributed by atoms with van der Waals surface area (Å²) in [4.78, 5) is 14.6. The van der Waals surface area contributed by atoms with Gasteiger partial charge >= 0.3 is 6.09 Å². The Bertz CT molecular complexity index is 879. The lowest BCUT2D eigenvalue weighted by Gasteiger charge is -2.40. The molecule has 2 atom stereocenters. The molecule has 1 aliphatic heterocycles. The van der Waals surface area contributed by atoms with E-state index in [9.17, 15) is 9.90 Å². The zero-order chi connectivity index (χ0) is 20.4. The van der Waals surface area contributed by atoms with E-state index in [0.717, 1.165) is 32.1 Å². The lowest BCUT2D eigenvalue weighted by Crippen LogP contribution is -2.51. The van der Waals surface area contributed by atoms with Crippen LogP contribution in [0.4, 0.5) is 4.79 Å². The summed E-state index contributed by atoms with van der Waals surface area (Å²) in [5, 5.41) is 12.1. The van der Waals surface area contributed by atoms with Crippen molar-refractivity contribution < 1.29 is 24.1 Å². The van der Waals surface area contributed by atoms with E-state index in [0.29, 0.717) is 22.6 Å². The first-order chi connectivity index (χ1) is 14.1. The molecule has 29 heavy (non-hydrogen) atoms. The molecule has 0 radical (unpaired) electrons. The molecule has 0 spiro atoms. The molecular weight excluding hydrogens is 370 g/mol. The maximum atomic E-state index is 13.0. The Morgan fingerprint density at radius 1 is 1.00 bits per heavy atom. The summed E-state index contributed by atoms with van der Waals surface area (Å²) in [6.07, 6.45) is 3.56. The molecule has 1 heterocycles. The number of benzene rings is 2. The van der Waals surface area contributed by atoms with Gasteiger partial charge in [-0.25, -0.2) is 4.79 Å². The van der Waals surface area contributed by atoms with Crippen molar-refractivity contribution in [1.29, 1.82) is 0 Å². The molecule has 4 rings (SSSR count). The average molecular weight is 397 g/mol. The minimum Gasteiger partial charge on any atom is -0.497 e. The number of hydrogen-bond acceptors (Lipinski definition) is 5. The predicted molar refractivity (Wildman–Crippen MR) is 108 cm³/mol. The number of rotatable bonds is 5. The highest BCUT2D eigenvalue weighted by atomic mass is 16.6. The number of hydrogen-bond donors (Lipinski definition) is 1. The van der Waals surface area contributed by atoms with Gasteiger partial charge in [-0.2, -0.15) is 0 Å². The largest absolute Gasteiger partial charge is 0.497 e. The number of nitrogens with zero attached hydrogens (tertiary/aromatic N) is 1. The van der Waals surface area contributed by atoms with E-state index in [4.69, 9.17) is 14.2 Å². The Hall–Kier alpha value is -2.73. The van der Waals surface area contributed by atoms with Crippen molar-refractivity contribution in [2.45, 2.75) is 50.0 Å². The Morgan fingerprint density at radius 3 is 2.34 bits per heavy atom. The summed E-state index contributed by atoms with van der Waals surface area (Å²) in [6, 6.07) is 14.4. The predicted octanol–water partition coefficient (Wildman–Crippen LogP) is 4.38. The zero-order valence-electron chi connectivity index (χ0n) is 16.8. The number of cyclic esters (lactones) is 1. The third-order valence-electron chi connectivity index (χ3n) is 5.98. The van der Waals surface area contributed by atoms with Crippen molar-refractivity contribution >= 4 is 6.09 Å². The molecule has 154 valence electrons. The molecule has 1 aliphatic carbocycles. The molecule has 2 unspecified atom stereocenters. The standard InChI is InChI=1S/C23H27NO5/c1-27-19-12-6-8-16(14-19)21-23(26,17-9-7-13-20(15-17)28-2)24(22(25)29-21)18-10-4-3-5-11-18/h6-9,12-15,18,21,26H,3-5,10-11H2,1-2H3. The highest BCUT2D eigenvalue weighted by Crippen LogP contribution is 2.50. The van der Waals surface area contributed by atoms with Crippen LogP contribution in [0, 0.1) is 0 Å². The number of carbonyl (C=O) groups is 1. The van der Waals surface area contributed by atoms with Crippen LogP contribution in [0.3, 0.4) is 0 Å². The lowest BCUT2D eigenvalue weighted by atomic mass is 9.87. The van der Waals surface area contributed by atoms with Gasteiger partial charge in [0.05, 0.1) is 14.2 Å². The van der Waals surface area contributed by atoms with Gasteiger partial charge in [0.25, 0.3) is 0 Å². The first-order valence-corrected chi connectivity index (χ1v) is 10.1. The van der Waals surface area contributed by atoms with Gasteiger partial charge in [0.2, 0.25) is 5.72 Å². The monoisotopic (exact) mass is 397 g/mol. The fourth-order valence-electron chi connectivity index (χ4n) is 4.52. The maximum absolute atomic E-state index is 13.0. The number of ether oxygens (including phenoxy) is 3. The SMILES string of the molecule is COc1cccc(C2OC(=O)N(C3CCCCC3)C2(O)c2cccc(OC)c2)c1. The van der Waals surface area contributed by atoms with Gasteiger partial charge < -0.3 is 19.3 Å². The normalized spacial score (nSPS) is 25.0. The number of aliphatic hydroxyl groups is 1. The minimum absolute atomic E-state index is 0.0666. The second-order valence-electron chi connectivity index (χ2n) is 7.66. The van der Waals surface area contributed by atoms with Crippen molar-refractivity contribution in [3.8, 4) is 11.5 Å². The molecule has 1 amide bonds. The second-order valence-corrected chi connectivity index (χ2v) is 7.66. The Labute approximate surface area is 171 Å². The lowest BCUT2D eigenvalue weighted by molar-refractivity contribution is -0.126. The number of methoxy groups -OCH3 is 2. The van der Waals surface area contributed by atoms with E-state index in [1.807, 2.05) is 36.4 Å². The molecule has 0 bridgehead atoms. The summed E-state index contributed by atoms with van der Waals surface area (Å²) in [7, 11) is 3.17. The van der Waals surface area contributed by atoms with Crippen LogP contribution in [0.25, 0.3) is 0 Å². The van der Waals surface area contributed by atoms with Crippen LogP contribution >= 0.6 is 0 Å². The second kappa shape index (κ2) is 7.95. The molecule has 6 heteroatoms. The van der Waals surface area contributed by atoms with Crippen LogP contribution < -0.4 is 9.47 Å². The third-order valence-corrected chi connectivity index (χ3v) is 5.98. The van der Waals surface area contributed by atoms with Gasteiger partial charge in [0.15, 0.2) is 6.10 Å². The number of amides is 1. The summed E-state index contributed by atoms with van der Waals surface area (Å²) >= 11 is 0. The Kier molecular flexibility index (Phi) is 5.37. The summed E-state index contributed by atoms with van der Waals surface area (Å²) < 4.78 is 16.5. The molecule has 2 aromatic rings. The van der Waals surface area contributed by atoms with Crippen LogP contribution in [-0.4, -0.2) is 36.4 Å². The third kappa shape index (κ3) is 3.42. The van der Waals surface area contributed by atoms with E-state index < -0.39 is 17.9 Å². The molecular formula is C23H27NO5. The van der Waals surface area contributed by atoms with Gasteiger partial charge in [0.1, 0.15) is 11.5 Å². The van der Waals surface area contributed by atoms with Crippen molar-refractivity contribution in [2.75, 3.05) is 14.2 Å². The van der Waals surface area contributed by atoms with Gasteiger partial charge in [-0.1, -0.05) is 43.5 Å². The van der Waals surface area contributed by atoms with Gasteiger partial charge in [-0.15, -0.1) is 0 Å². The van der Waals surface area contributed by atoms with Crippen LogP contribution in [0.15, 0.2) is 48.5 Å². The molecule has 1 N–H and O–H groups in total. The minimum atomic E-state index is -1.64. The van der Waals surface area contributed by atoms with Crippen molar-refractivity contribution in [2.24, 2.45) is 0 Å². The first kappa shape index (κ1) is 19.6. The van der Waals surface area contributed by atoms with Crippen LogP contribution in [0.2, 0.25) is 0 Å². The van der Waals surface area contributed by atoms with Crippen molar-refractivity contribution in [3.63, 3.8) is 0 Å². The van der Waals surface area contributed by atoms with Gasteiger partial charge in [-0.3, -0.25) is 4.90 Å². The fraction of sp³-hybridized carbons (Fsp3) is 0.435. The van der Waals surface area contributed by atoms with E-state index >= 15 is 0 Å². The Morgan fingerprint density at radius 2 is 1.66 bits per heavy atom. The average Bonchev–Trinajstić information content (AvgIpc) is 3.05. The van der Waals surface area contributed by atoms with E-state index in [2.05, 4.69) is 0 Å². The van der Waals surface area contributed by atoms with E-state index in [-0.39, 0.29) is 6.04 Å². The molecule has 2 aromatic carbocycles. The highest BCUT2D eigenvalue weighted by molar-refractivity contribution is 5.73. The summed E-state index contributed by atoms with van der Waals surface area (Å²) in [6.45, 7) is 0. The fourth-order valence-corrected chi connectivity index (χ4v) is 4.52. The highest BCUT2D eigenvalue weighted by Gasteiger charge is 2.58. The van der Waals surface area contributed by atoms with Crippen LogP contribution in [0.5, 0.6) is 11.5 Å². The van der Waals surface area contributed by atoms with Crippen LogP contribution in [-0.2, 0) is 10.5 Å². The molecule has 2 fully saturated rings. The summed E-state index contributed by atoms with van der Waals surface area (Å²) in [5.74, 6) is 1.26. The molecule has 1 saturated carbocycles. The van der Waals surface area contributed by atoms with Gasteiger partial charge in [-0.05, 0) is 37.1 Å². The zero-order valence-corrected chi connectivity index (χ0v) is 16.8. The first-order valence-electron chi connectivity index (χ1n) is 10.1. The molecule has 0 aromatic heterocycles. The quantitative estimate of drug-likeness (QED) is 0.811. The van der Waals surface area contributed by atoms with E-state index in [1.54, 1.807) is 31.3 Å². The van der Waals surface area contributed by atoms with Gasteiger partial charge in [0, 0.05) is 17.2 Å². The topological polar surface area (TPSA) is 68.2 Å².